The Morgan fingerprint density at radius 2 is 1.89 bits per heavy atom. The Bertz CT molecular complexity index is 538. The lowest BCUT2D eigenvalue weighted by molar-refractivity contribution is 0.259. The average Bonchev–Trinajstić information content (AvgIpc) is 2.39. The van der Waals surface area contributed by atoms with E-state index >= 15 is 0 Å². The van der Waals surface area contributed by atoms with Gasteiger partial charge in [-0.2, -0.15) is 0 Å². The summed E-state index contributed by atoms with van der Waals surface area (Å²) < 4.78 is 5.73. The third-order valence-electron chi connectivity index (χ3n) is 2.84. The van der Waals surface area contributed by atoms with Gasteiger partial charge in [0.15, 0.2) is 0 Å². The molecule has 0 aliphatic heterocycles. The highest BCUT2D eigenvalue weighted by molar-refractivity contribution is 6.30. The molecule has 0 aromatic heterocycles. The summed E-state index contributed by atoms with van der Waals surface area (Å²) in [6.45, 7) is 2.46. The van der Waals surface area contributed by atoms with Gasteiger partial charge in [0.1, 0.15) is 12.4 Å². The highest BCUT2D eigenvalue weighted by atomic mass is 35.5. The maximum Gasteiger partial charge on any atom is 0.125 e. The Balaban J connectivity index is 2.13. The number of hydrogen-bond acceptors (Lipinski definition) is 2. The third kappa shape index (κ3) is 3.03. The van der Waals surface area contributed by atoms with Gasteiger partial charge in [-0.15, -0.1) is 0 Å². The fourth-order valence-corrected chi connectivity index (χ4v) is 1.93. The smallest absolute Gasteiger partial charge is 0.125 e. The second-order valence-corrected chi connectivity index (χ2v) is 4.56. The zero-order chi connectivity index (χ0) is 13.0. The lowest BCUT2D eigenvalue weighted by Crippen LogP contribution is -2.00. The van der Waals surface area contributed by atoms with Crippen molar-refractivity contribution >= 4 is 11.6 Å². The van der Waals surface area contributed by atoms with Crippen LogP contribution in [0.3, 0.4) is 0 Å². The van der Waals surface area contributed by atoms with Gasteiger partial charge in [0.2, 0.25) is 0 Å². The van der Waals surface area contributed by atoms with Gasteiger partial charge < -0.3 is 9.84 Å². The van der Waals surface area contributed by atoms with Crippen LogP contribution < -0.4 is 4.74 Å². The number of aryl methyl sites for hydroxylation is 1. The molecule has 0 spiro atoms. The monoisotopic (exact) mass is 262 g/mol. The van der Waals surface area contributed by atoms with Gasteiger partial charge in [0, 0.05) is 10.6 Å². The second kappa shape index (κ2) is 5.89. The van der Waals surface area contributed by atoms with Crippen molar-refractivity contribution in [1.29, 1.82) is 0 Å². The molecule has 0 unspecified atom stereocenters. The van der Waals surface area contributed by atoms with Gasteiger partial charge in [-0.3, -0.25) is 0 Å². The third-order valence-corrected chi connectivity index (χ3v) is 3.07. The van der Waals surface area contributed by atoms with E-state index in [4.69, 9.17) is 16.3 Å². The SMILES string of the molecule is Cc1ccccc1COc1ccc(Cl)cc1CO. The first-order valence-corrected chi connectivity index (χ1v) is 6.15. The molecule has 18 heavy (non-hydrogen) atoms. The van der Waals surface area contributed by atoms with Crippen LogP contribution >= 0.6 is 11.6 Å². The molecule has 0 bridgehead atoms. The molecule has 2 nitrogen and oxygen atoms in total. The largest absolute Gasteiger partial charge is 0.489 e. The molecule has 0 fully saturated rings. The normalized spacial score (nSPS) is 10.4. The van der Waals surface area contributed by atoms with Crippen LogP contribution in [0.5, 0.6) is 5.75 Å². The van der Waals surface area contributed by atoms with Gasteiger partial charge in [-0.1, -0.05) is 35.9 Å². The lowest BCUT2D eigenvalue weighted by Gasteiger charge is -2.11. The molecule has 1 N–H and O–H groups in total. The number of aliphatic hydroxyl groups excluding tert-OH is 1. The minimum absolute atomic E-state index is 0.0797. The summed E-state index contributed by atoms with van der Waals surface area (Å²) in [5.74, 6) is 0.671. The van der Waals surface area contributed by atoms with Crippen LogP contribution in [0.4, 0.5) is 0 Å². The molecule has 0 aliphatic carbocycles. The molecule has 0 atom stereocenters. The molecule has 0 radical (unpaired) electrons. The average molecular weight is 263 g/mol. The van der Waals surface area contributed by atoms with Crippen LogP contribution in [0.25, 0.3) is 0 Å². The minimum atomic E-state index is -0.0797. The summed E-state index contributed by atoms with van der Waals surface area (Å²) in [6.07, 6.45) is 0. The fourth-order valence-electron chi connectivity index (χ4n) is 1.74. The molecule has 2 rings (SSSR count). The van der Waals surface area contributed by atoms with E-state index in [0.717, 1.165) is 5.56 Å². The number of hydrogen-bond donors (Lipinski definition) is 1. The standard InChI is InChI=1S/C15H15ClO2/c1-11-4-2-3-5-12(11)10-18-15-7-6-14(16)8-13(15)9-17/h2-8,17H,9-10H2,1H3. The number of halogens is 1. The zero-order valence-corrected chi connectivity index (χ0v) is 10.9. The van der Waals surface area contributed by atoms with E-state index in [1.54, 1.807) is 18.2 Å². The van der Waals surface area contributed by atoms with Gasteiger partial charge in [-0.05, 0) is 36.2 Å². The van der Waals surface area contributed by atoms with Gasteiger partial charge in [-0.25, -0.2) is 0 Å². The lowest BCUT2D eigenvalue weighted by atomic mass is 10.1. The van der Waals surface area contributed by atoms with Crippen LogP contribution in [0, 0.1) is 6.92 Å². The maximum absolute atomic E-state index is 9.26. The Morgan fingerprint density at radius 1 is 1.11 bits per heavy atom. The number of benzene rings is 2. The molecule has 0 saturated heterocycles. The molecule has 0 aliphatic rings. The number of ether oxygens (including phenoxy) is 1. The molecule has 2 aromatic rings. The predicted octanol–water partition coefficient (Wildman–Crippen LogP) is 3.72. The first-order chi connectivity index (χ1) is 8.70. The summed E-state index contributed by atoms with van der Waals surface area (Å²) in [7, 11) is 0. The highest BCUT2D eigenvalue weighted by Crippen LogP contribution is 2.24. The van der Waals surface area contributed by atoms with Gasteiger partial charge >= 0.3 is 0 Å². The first-order valence-electron chi connectivity index (χ1n) is 5.77. The predicted molar refractivity (Wildman–Crippen MR) is 72.9 cm³/mol. The van der Waals surface area contributed by atoms with Crippen molar-refractivity contribution in [3.63, 3.8) is 0 Å². The molecule has 0 heterocycles. The topological polar surface area (TPSA) is 29.5 Å². The molecular weight excluding hydrogens is 248 g/mol. The quantitative estimate of drug-likeness (QED) is 0.910. The summed E-state index contributed by atoms with van der Waals surface area (Å²) in [4.78, 5) is 0. The van der Waals surface area contributed by atoms with Crippen molar-refractivity contribution in [2.75, 3.05) is 0 Å². The first kappa shape index (κ1) is 12.9. The van der Waals surface area contributed by atoms with Crippen LogP contribution in [-0.4, -0.2) is 5.11 Å². The Hall–Kier alpha value is -1.51. The van der Waals surface area contributed by atoms with Crippen LogP contribution in [0.15, 0.2) is 42.5 Å². The molecule has 2 aromatic carbocycles. The van der Waals surface area contributed by atoms with E-state index in [-0.39, 0.29) is 6.61 Å². The Labute approximate surface area is 112 Å². The fraction of sp³-hybridized carbons (Fsp3) is 0.200. The summed E-state index contributed by atoms with van der Waals surface area (Å²) in [6, 6.07) is 13.3. The van der Waals surface area contributed by atoms with E-state index in [9.17, 15) is 5.11 Å². The van der Waals surface area contributed by atoms with Gasteiger partial charge in [0.25, 0.3) is 0 Å². The number of rotatable bonds is 4. The summed E-state index contributed by atoms with van der Waals surface area (Å²) in [5.41, 5.74) is 3.03. The van der Waals surface area contributed by atoms with E-state index in [2.05, 4.69) is 0 Å². The van der Waals surface area contributed by atoms with Crippen LogP contribution in [0.1, 0.15) is 16.7 Å². The van der Waals surface area contributed by atoms with Gasteiger partial charge in [0.05, 0.1) is 6.61 Å². The van der Waals surface area contributed by atoms with Crippen molar-refractivity contribution in [2.45, 2.75) is 20.1 Å². The van der Waals surface area contributed by atoms with Crippen LogP contribution in [0.2, 0.25) is 5.02 Å². The van der Waals surface area contributed by atoms with E-state index in [1.165, 1.54) is 5.56 Å². The van der Waals surface area contributed by atoms with E-state index < -0.39 is 0 Å². The summed E-state index contributed by atoms with van der Waals surface area (Å²) >= 11 is 5.87. The number of aliphatic hydroxyl groups is 1. The molecule has 3 heteroatoms. The van der Waals surface area contributed by atoms with Crippen molar-refractivity contribution in [3.05, 3.63) is 64.2 Å². The second-order valence-electron chi connectivity index (χ2n) is 4.13. The molecule has 0 amide bonds. The molecule has 0 saturated carbocycles. The summed E-state index contributed by atoms with van der Waals surface area (Å²) in [5, 5.41) is 9.86. The van der Waals surface area contributed by atoms with Crippen molar-refractivity contribution < 1.29 is 9.84 Å². The zero-order valence-electron chi connectivity index (χ0n) is 10.2. The maximum atomic E-state index is 9.26. The minimum Gasteiger partial charge on any atom is -0.489 e. The van der Waals surface area contributed by atoms with Crippen LogP contribution in [-0.2, 0) is 13.2 Å². The van der Waals surface area contributed by atoms with E-state index in [0.29, 0.717) is 22.9 Å². The van der Waals surface area contributed by atoms with Crippen molar-refractivity contribution in [2.24, 2.45) is 0 Å². The van der Waals surface area contributed by atoms with E-state index in [1.807, 2.05) is 31.2 Å². The highest BCUT2D eigenvalue weighted by Gasteiger charge is 2.05. The molecule has 94 valence electrons. The van der Waals surface area contributed by atoms with Crippen molar-refractivity contribution in [3.8, 4) is 5.75 Å². The Kier molecular flexibility index (Phi) is 4.24. The Morgan fingerprint density at radius 3 is 2.61 bits per heavy atom. The van der Waals surface area contributed by atoms with Crippen molar-refractivity contribution in [1.82, 2.24) is 0 Å². The molecular formula is C15H15ClO2.